The molecule has 0 bridgehead atoms. The lowest BCUT2D eigenvalue weighted by Crippen LogP contribution is -2.38. The Bertz CT molecular complexity index is 228. The van der Waals surface area contributed by atoms with Crippen LogP contribution in [0.3, 0.4) is 0 Å². The second-order valence-electron chi connectivity index (χ2n) is 7.62. The Balaban J connectivity index is 2.69. The van der Waals surface area contributed by atoms with E-state index in [-0.39, 0.29) is 0 Å². The predicted octanol–water partition coefficient (Wildman–Crippen LogP) is 4.72. The fraction of sp³-hybridized carbons (Fsp3) is 1.00. The highest BCUT2D eigenvalue weighted by Crippen LogP contribution is 2.45. The molecule has 1 saturated carbocycles. The zero-order valence-electron chi connectivity index (χ0n) is 13.6. The van der Waals surface area contributed by atoms with Gasteiger partial charge < -0.3 is 5.32 Å². The SMILES string of the molecule is CCCC(C)C1CC(C(C)(C)C)CCC1CNC. The molecule has 1 nitrogen and oxygen atoms in total. The van der Waals surface area contributed by atoms with Gasteiger partial charge in [0.1, 0.15) is 0 Å². The van der Waals surface area contributed by atoms with Gasteiger partial charge in [0.2, 0.25) is 0 Å². The van der Waals surface area contributed by atoms with Gasteiger partial charge in [0, 0.05) is 0 Å². The van der Waals surface area contributed by atoms with Crippen molar-refractivity contribution in [1.82, 2.24) is 5.32 Å². The van der Waals surface area contributed by atoms with Gasteiger partial charge in [0.25, 0.3) is 0 Å². The molecule has 0 amide bonds. The van der Waals surface area contributed by atoms with Gasteiger partial charge in [-0.3, -0.25) is 0 Å². The van der Waals surface area contributed by atoms with Crippen LogP contribution in [0.1, 0.15) is 66.7 Å². The van der Waals surface area contributed by atoms with Gasteiger partial charge in [-0.1, -0.05) is 47.5 Å². The maximum Gasteiger partial charge on any atom is -0.00208 e. The van der Waals surface area contributed by atoms with Crippen molar-refractivity contribution >= 4 is 0 Å². The van der Waals surface area contributed by atoms with Gasteiger partial charge in [-0.2, -0.15) is 0 Å². The molecule has 0 aromatic heterocycles. The molecule has 0 spiro atoms. The molecule has 1 N–H and O–H groups in total. The highest BCUT2D eigenvalue weighted by molar-refractivity contribution is 4.88. The van der Waals surface area contributed by atoms with Crippen LogP contribution < -0.4 is 5.32 Å². The van der Waals surface area contributed by atoms with Crippen LogP contribution in [-0.2, 0) is 0 Å². The zero-order valence-corrected chi connectivity index (χ0v) is 13.6. The van der Waals surface area contributed by atoms with Crippen LogP contribution in [0.5, 0.6) is 0 Å². The summed E-state index contributed by atoms with van der Waals surface area (Å²) in [5.74, 6) is 3.68. The van der Waals surface area contributed by atoms with Gasteiger partial charge in [0.15, 0.2) is 0 Å². The molecule has 1 aliphatic rings. The summed E-state index contributed by atoms with van der Waals surface area (Å²) in [7, 11) is 2.11. The summed E-state index contributed by atoms with van der Waals surface area (Å²) in [6, 6.07) is 0. The Morgan fingerprint density at radius 3 is 2.39 bits per heavy atom. The van der Waals surface area contributed by atoms with Gasteiger partial charge in [-0.05, 0) is 61.9 Å². The average molecular weight is 253 g/mol. The molecule has 4 unspecified atom stereocenters. The van der Waals surface area contributed by atoms with Crippen molar-refractivity contribution in [3.63, 3.8) is 0 Å². The molecule has 0 heterocycles. The summed E-state index contributed by atoms with van der Waals surface area (Å²) in [4.78, 5) is 0. The summed E-state index contributed by atoms with van der Waals surface area (Å²) in [6.45, 7) is 13.3. The first-order chi connectivity index (χ1) is 8.40. The molecule has 1 aliphatic carbocycles. The molecule has 1 fully saturated rings. The fourth-order valence-corrected chi connectivity index (χ4v) is 3.94. The van der Waals surface area contributed by atoms with Crippen molar-refractivity contribution in [2.75, 3.05) is 13.6 Å². The van der Waals surface area contributed by atoms with Crippen LogP contribution in [0.25, 0.3) is 0 Å². The van der Waals surface area contributed by atoms with E-state index < -0.39 is 0 Å². The van der Waals surface area contributed by atoms with E-state index in [9.17, 15) is 0 Å². The Morgan fingerprint density at radius 1 is 1.22 bits per heavy atom. The number of nitrogens with one attached hydrogen (secondary N) is 1. The lowest BCUT2D eigenvalue weighted by atomic mass is 9.62. The van der Waals surface area contributed by atoms with Crippen LogP contribution in [0.4, 0.5) is 0 Å². The Kier molecular flexibility index (Phi) is 6.17. The van der Waals surface area contributed by atoms with E-state index in [4.69, 9.17) is 0 Å². The third kappa shape index (κ3) is 4.26. The molecular weight excluding hydrogens is 218 g/mol. The quantitative estimate of drug-likeness (QED) is 0.747. The molecular formula is C17H35N. The van der Waals surface area contributed by atoms with Gasteiger partial charge >= 0.3 is 0 Å². The van der Waals surface area contributed by atoms with Crippen molar-refractivity contribution in [2.45, 2.75) is 66.7 Å². The van der Waals surface area contributed by atoms with E-state index in [2.05, 4.69) is 47.0 Å². The summed E-state index contributed by atoms with van der Waals surface area (Å²) in [5, 5.41) is 3.42. The van der Waals surface area contributed by atoms with Gasteiger partial charge in [0.05, 0.1) is 0 Å². The minimum absolute atomic E-state index is 0.495. The van der Waals surface area contributed by atoms with E-state index in [1.807, 2.05) is 0 Å². The smallest absolute Gasteiger partial charge is 0.00208 e. The molecule has 0 aromatic carbocycles. The third-order valence-corrected chi connectivity index (χ3v) is 5.21. The standard InChI is InChI=1S/C17H35N/c1-7-8-13(2)16-11-15(17(3,4)5)10-9-14(16)12-18-6/h13-16,18H,7-12H2,1-6H3. The molecule has 1 rings (SSSR count). The second kappa shape index (κ2) is 6.93. The van der Waals surface area contributed by atoms with Crippen LogP contribution in [-0.4, -0.2) is 13.6 Å². The molecule has 0 aliphatic heterocycles. The average Bonchev–Trinajstić information content (AvgIpc) is 2.28. The first kappa shape index (κ1) is 16.0. The monoisotopic (exact) mass is 253 g/mol. The summed E-state index contributed by atoms with van der Waals surface area (Å²) < 4.78 is 0. The van der Waals surface area contributed by atoms with E-state index in [0.717, 1.165) is 23.7 Å². The first-order valence-electron chi connectivity index (χ1n) is 8.04. The molecule has 108 valence electrons. The summed E-state index contributed by atoms with van der Waals surface area (Å²) in [5.41, 5.74) is 0.495. The summed E-state index contributed by atoms with van der Waals surface area (Å²) >= 11 is 0. The minimum atomic E-state index is 0.495. The van der Waals surface area contributed by atoms with Crippen molar-refractivity contribution in [2.24, 2.45) is 29.1 Å². The van der Waals surface area contributed by atoms with Gasteiger partial charge in [-0.25, -0.2) is 0 Å². The molecule has 0 radical (unpaired) electrons. The molecule has 4 atom stereocenters. The topological polar surface area (TPSA) is 12.0 Å². The maximum absolute atomic E-state index is 3.42. The number of rotatable bonds is 5. The highest BCUT2D eigenvalue weighted by Gasteiger charge is 2.37. The van der Waals surface area contributed by atoms with E-state index in [1.54, 1.807) is 0 Å². The van der Waals surface area contributed by atoms with E-state index in [0.29, 0.717) is 5.41 Å². The normalized spacial score (nSPS) is 31.3. The minimum Gasteiger partial charge on any atom is -0.319 e. The van der Waals surface area contributed by atoms with E-state index in [1.165, 1.54) is 38.6 Å². The Labute approximate surface area is 115 Å². The van der Waals surface area contributed by atoms with Crippen molar-refractivity contribution in [1.29, 1.82) is 0 Å². The van der Waals surface area contributed by atoms with Crippen LogP contribution in [0.15, 0.2) is 0 Å². The first-order valence-corrected chi connectivity index (χ1v) is 8.04. The predicted molar refractivity (Wildman–Crippen MR) is 81.8 cm³/mol. The molecule has 0 aromatic rings. The number of hydrogen-bond donors (Lipinski definition) is 1. The van der Waals surface area contributed by atoms with E-state index >= 15 is 0 Å². The molecule has 0 saturated heterocycles. The Hall–Kier alpha value is -0.0400. The van der Waals surface area contributed by atoms with Gasteiger partial charge in [-0.15, -0.1) is 0 Å². The van der Waals surface area contributed by atoms with Crippen molar-refractivity contribution < 1.29 is 0 Å². The van der Waals surface area contributed by atoms with Crippen LogP contribution in [0.2, 0.25) is 0 Å². The zero-order chi connectivity index (χ0) is 13.8. The lowest BCUT2D eigenvalue weighted by Gasteiger charge is -2.44. The van der Waals surface area contributed by atoms with Crippen LogP contribution >= 0.6 is 0 Å². The lowest BCUT2D eigenvalue weighted by molar-refractivity contribution is 0.0663. The third-order valence-electron chi connectivity index (χ3n) is 5.21. The largest absolute Gasteiger partial charge is 0.319 e. The molecule has 1 heteroatoms. The number of hydrogen-bond acceptors (Lipinski definition) is 1. The summed E-state index contributed by atoms with van der Waals surface area (Å²) in [6.07, 6.45) is 7.07. The highest BCUT2D eigenvalue weighted by atomic mass is 14.8. The maximum atomic E-state index is 3.42. The van der Waals surface area contributed by atoms with Crippen molar-refractivity contribution in [3.05, 3.63) is 0 Å². The fourth-order valence-electron chi connectivity index (χ4n) is 3.94. The van der Waals surface area contributed by atoms with Crippen LogP contribution in [0, 0.1) is 29.1 Å². The second-order valence-corrected chi connectivity index (χ2v) is 7.62. The Morgan fingerprint density at radius 2 is 1.89 bits per heavy atom. The molecule has 18 heavy (non-hydrogen) atoms. The van der Waals surface area contributed by atoms with Crippen molar-refractivity contribution in [3.8, 4) is 0 Å².